The summed E-state index contributed by atoms with van der Waals surface area (Å²) in [6.45, 7) is -0.0145. The highest BCUT2D eigenvalue weighted by Gasteiger charge is 2.13. The van der Waals surface area contributed by atoms with Crippen molar-refractivity contribution < 1.29 is 9.18 Å². The lowest BCUT2D eigenvalue weighted by Gasteiger charge is -2.03. The van der Waals surface area contributed by atoms with Crippen molar-refractivity contribution in [1.29, 1.82) is 0 Å². The van der Waals surface area contributed by atoms with Crippen LogP contribution in [0.3, 0.4) is 0 Å². The van der Waals surface area contributed by atoms with Gasteiger partial charge in [-0.2, -0.15) is 10.2 Å². The van der Waals surface area contributed by atoms with Crippen LogP contribution in [0.4, 0.5) is 10.2 Å². The van der Waals surface area contributed by atoms with Crippen LogP contribution in [0.2, 0.25) is 0 Å². The fraction of sp³-hybridized carbons (Fsp3) is 0.111. The first-order valence-electron chi connectivity index (χ1n) is 7.97. The molecule has 0 aliphatic carbocycles. The molecule has 130 valence electrons. The van der Waals surface area contributed by atoms with Crippen molar-refractivity contribution in [2.24, 2.45) is 7.05 Å². The molecule has 1 aromatic carbocycles. The van der Waals surface area contributed by atoms with E-state index >= 15 is 0 Å². The maximum atomic E-state index is 13.8. The lowest BCUT2D eigenvalue weighted by atomic mass is 10.2. The number of anilines is 1. The number of fused-ring (bicyclic) bond motifs is 1. The molecule has 0 saturated heterocycles. The molecule has 0 atom stereocenters. The number of pyridine rings is 1. The van der Waals surface area contributed by atoms with E-state index in [0.29, 0.717) is 11.4 Å². The van der Waals surface area contributed by atoms with E-state index < -0.39 is 5.82 Å². The molecule has 0 aliphatic heterocycles. The monoisotopic (exact) mass is 350 g/mol. The number of carbonyl (C=O) groups is 1. The molecule has 7 nitrogen and oxygen atoms in total. The van der Waals surface area contributed by atoms with Gasteiger partial charge in [0, 0.05) is 30.4 Å². The summed E-state index contributed by atoms with van der Waals surface area (Å²) in [6.07, 6.45) is 4.57. The molecule has 3 aromatic heterocycles. The van der Waals surface area contributed by atoms with Gasteiger partial charge in [-0.3, -0.25) is 19.1 Å². The molecule has 4 aromatic rings. The Bertz CT molecular complexity index is 1100. The van der Waals surface area contributed by atoms with Gasteiger partial charge in [-0.1, -0.05) is 12.1 Å². The van der Waals surface area contributed by atoms with Crippen molar-refractivity contribution in [3.8, 4) is 11.3 Å². The third-order valence-corrected chi connectivity index (χ3v) is 3.99. The summed E-state index contributed by atoms with van der Waals surface area (Å²) >= 11 is 0. The average molecular weight is 350 g/mol. The molecule has 0 bridgehead atoms. The molecule has 0 aliphatic rings. The number of carbonyl (C=O) groups excluding carboxylic acids is 1. The quantitative estimate of drug-likeness (QED) is 0.614. The first-order valence-corrected chi connectivity index (χ1v) is 7.97. The summed E-state index contributed by atoms with van der Waals surface area (Å²) < 4.78 is 16.9. The Kier molecular flexibility index (Phi) is 3.92. The molecular formula is C18H15FN6O. The average Bonchev–Trinajstić information content (AvgIpc) is 3.21. The zero-order chi connectivity index (χ0) is 18.1. The second-order valence-electron chi connectivity index (χ2n) is 5.80. The predicted molar refractivity (Wildman–Crippen MR) is 94.8 cm³/mol. The van der Waals surface area contributed by atoms with Crippen molar-refractivity contribution in [2.45, 2.75) is 6.54 Å². The molecule has 0 fully saturated rings. The minimum Gasteiger partial charge on any atom is -0.307 e. The Morgan fingerprint density at radius 2 is 2.08 bits per heavy atom. The third kappa shape index (κ3) is 2.92. The van der Waals surface area contributed by atoms with E-state index in [-0.39, 0.29) is 18.1 Å². The normalized spacial score (nSPS) is 11.0. The van der Waals surface area contributed by atoms with Gasteiger partial charge in [-0.25, -0.2) is 4.39 Å². The zero-order valence-electron chi connectivity index (χ0n) is 13.9. The van der Waals surface area contributed by atoms with Gasteiger partial charge >= 0.3 is 0 Å². The van der Waals surface area contributed by atoms with Gasteiger partial charge in [-0.15, -0.1) is 0 Å². The maximum Gasteiger partial charge on any atom is 0.247 e. The third-order valence-electron chi connectivity index (χ3n) is 3.99. The molecule has 0 radical (unpaired) electrons. The number of hydrogen-bond acceptors (Lipinski definition) is 4. The Hall–Kier alpha value is -3.55. The number of benzene rings is 1. The minimum atomic E-state index is -0.434. The van der Waals surface area contributed by atoms with Crippen LogP contribution in [0.15, 0.2) is 55.0 Å². The summed E-state index contributed by atoms with van der Waals surface area (Å²) in [6, 6.07) is 10.5. The van der Waals surface area contributed by atoms with Crippen LogP contribution in [-0.4, -0.2) is 30.5 Å². The van der Waals surface area contributed by atoms with Crippen LogP contribution in [0, 0.1) is 5.82 Å². The Morgan fingerprint density at radius 1 is 1.23 bits per heavy atom. The number of rotatable bonds is 4. The Balaban J connectivity index is 1.51. The van der Waals surface area contributed by atoms with Gasteiger partial charge in [0.05, 0.1) is 11.7 Å². The van der Waals surface area contributed by atoms with Crippen LogP contribution >= 0.6 is 0 Å². The number of nitrogens with one attached hydrogen (secondary N) is 1. The van der Waals surface area contributed by atoms with Gasteiger partial charge in [0.1, 0.15) is 18.1 Å². The van der Waals surface area contributed by atoms with Crippen molar-refractivity contribution in [3.63, 3.8) is 0 Å². The van der Waals surface area contributed by atoms with Crippen LogP contribution < -0.4 is 5.32 Å². The second kappa shape index (κ2) is 6.40. The molecule has 4 rings (SSSR count). The fourth-order valence-corrected chi connectivity index (χ4v) is 2.80. The summed E-state index contributed by atoms with van der Waals surface area (Å²) in [5, 5.41) is 12.1. The topological polar surface area (TPSA) is 77.6 Å². The number of halogens is 1. The lowest BCUT2D eigenvalue weighted by Crippen LogP contribution is -2.19. The van der Waals surface area contributed by atoms with Crippen LogP contribution in [0.25, 0.3) is 22.2 Å². The van der Waals surface area contributed by atoms with Crippen LogP contribution in [-0.2, 0) is 18.4 Å². The minimum absolute atomic E-state index is 0.0145. The van der Waals surface area contributed by atoms with Gasteiger partial charge in [0.15, 0.2) is 5.82 Å². The standard InChI is InChI=1S/C18H15FN6O/c1-24-15-7-3-2-5-13(15)18(23-24)22-16(26)11-25-10-12(9-21-25)17-14(19)6-4-8-20-17/h2-10H,11H2,1H3,(H,22,23,26). The van der Waals surface area contributed by atoms with Crippen molar-refractivity contribution in [3.05, 3.63) is 60.8 Å². The molecular weight excluding hydrogens is 335 g/mol. The number of aromatic nitrogens is 5. The predicted octanol–water partition coefficient (Wildman–Crippen LogP) is 2.61. The molecule has 26 heavy (non-hydrogen) atoms. The highest BCUT2D eigenvalue weighted by atomic mass is 19.1. The molecule has 0 saturated carbocycles. The highest BCUT2D eigenvalue weighted by Crippen LogP contribution is 2.22. The van der Waals surface area contributed by atoms with E-state index in [2.05, 4.69) is 20.5 Å². The van der Waals surface area contributed by atoms with E-state index in [9.17, 15) is 9.18 Å². The summed E-state index contributed by atoms with van der Waals surface area (Å²) in [4.78, 5) is 16.3. The molecule has 0 spiro atoms. The van der Waals surface area contributed by atoms with E-state index in [1.54, 1.807) is 10.9 Å². The van der Waals surface area contributed by atoms with Gasteiger partial charge in [0.25, 0.3) is 0 Å². The smallest absolute Gasteiger partial charge is 0.247 e. The van der Waals surface area contributed by atoms with Gasteiger partial charge in [0.2, 0.25) is 5.91 Å². The summed E-state index contributed by atoms with van der Waals surface area (Å²) in [5.74, 6) is -0.210. The van der Waals surface area contributed by atoms with Gasteiger partial charge < -0.3 is 5.32 Å². The fourth-order valence-electron chi connectivity index (χ4n) is 2.80. The number of hydrogen-bond donors (Lipinski definition) is 1. The van der Waals surface area contributed by atoms with Crippen molar-refractivity contribution in [1.82, 2.24) is 24.5 Å². The largest absolute Gasteiger partial charge is 0.307 e. The van der Waals surface area contributed by atoms with Crippen LogP contribution in [0.1, 0.15) is 0 Å². The Morgan fingerprint density at radius 3 is 2.92 bits per heavy atom. The molecule has 8 heteroatoms. The lowest BCUT2D eigenvalue weighted by molar-refractivity contribution is -0.116. The molecule has 1 amide bonds. The van der Waals surface area contributed by atoms with E-state index in [4.69, 9.17) is 0 Å². The second-order valence-corrected chi connectivity index (χ2v) is 5.80. The van der Waals surface area contributed by atoms with Crippen LogP contribution in [0.5, 0.6) is 0 Å². The number of amides is 1. The first kappa shape index (κ1) is 15.9. The Labute approximate surface area is 148 Å². The summed E-state index contributed by atoms with van der Waals surface area (Å²) in [5.41, 5.74) is 1.64. The van der Waals surface area contributed by atoms with Gasteiger partial charge in [-0.05, 0) is 24.3 Å². The molecule has 1 N–H and O–H groups in total. The SMILES string of the molecule is Cn1nc(NC(=O)Cn2cc(-c3ncccc3F)cn2)c2ccccc21. The highest BCUT2D eigenvalue weighted by molar-refractivity contribution is 5.99. The first-order chi connectivity index (χ1) is 12.6. The zero-order valence-corrected chi connectivity index (χ0v) is 13.9. The number of aryl methyl sites for hydroxylation is 1. The van der Waals surface area contributed by atoms with Crippen molar-refractivity contribution >= 4 is 22.6 Å². The van der Waals surface area contributed by atoms with E-state index in [0.717, 1.165) is 10.9 Å². The molecule has 3 heterocycles. The number of nitrogens with zero attached hydrogens (tertiary/aromatic N) is 5. The maximum absolute atomic E-state index is 13.8. The summed E-state index contributed by atoms with van der Waals surface area (Å²) in [7, 11) is 1.82. The molecule has 0 unspecified atom stereocenters. The van der Waals surface area contributed by atoms with E-state index in [1.807, 2.05) is 31.3 Å². The number of para-hydroxylation sites is 1. The van der Waals surface area contributed by atoms with Crippen molar-refractivity contribution in [2.75, 3.05) is 5.32 Å². The van der Waals surface area contributed by atoms with E-state index in [1.165, 1.54) is 29.2 Å².